The first-order chi connectivity index (χ1) is 31.0. The number of aromatic hydroxyl groups is 1. The number of nitrogens with zero attached hydrogens (tertiary/aromatic N) is 3. The van der Waals surface area contributed by atoms with Gasteiger partial charge in [-0.25, -0.2) is 4.98 Å². The van der Waals surface area contributed by atoms with E-state index in [4.69, 9.17) is 9.97 Å². The lowest BCUT2D eigenvalue weighted by atomic mass is 9.79. The van der Waals surface area contributed by atoms with Crippen LogP contribution in [0, 0.1) is 6.92 Å². The van der Waals surface area contributed by atoms with Gasteiger partial charge in [0.05, 0.1) is 28.0 Å². The zero-order valence-electron chi connectivity index (χ0n) is 39.5. The molecule has 0 unspecified atom stereocenters. The molecule has 0 saturated heterocycles. The van der Waals surface area contributed by atoms with Gasteiger partial charge in [-0.1, -0.05) is 178 Å². The van der Waals surface area contributed by atoms with Gasteiger partial charge in [-0.15, -0.1) is 0 Å². The van der Waals surface area contributed by atoms with Crippen molar-refractivity contribution in [2.75, 3.05) is 0 Å². The number of imidazole rings is 1. The van der Waals surface area contributed by atoms with Gasteiger partial charge in [-0.3, -0.25) is 9.55 Å². The SMILES string of the molecule is Cc1cc(-c2ccccc2)c(-n2c(-c3cc(C(C)(C)C)cc(C(C)(C)C)c3O)nc3c(-c4cc(-c5cc(-c6ccccc6)ccn5)cc(C(C)(C)C)c4)cccc32)cc1-c1ccccc1. The summed E-state index contributed by atoms with van der Waals surface area (Å²) < 4.78 is 2.31. The molecule has 0 fully saturated rings. The Labute approximate surface area is 385 Å². The third kappa shape index (κ3) is 8.42. The predicted octanol–water partition coefficient (Wildman–Crippen LogP) is 16.3. The fourth-order valence-corrected chi connectivity index (χ4v) is 8.99. The van der Waals surface area contributed by atoms with Crippen LogP contribution in [0.1, 0.15) is 84.6 Å². The van der Waals surface area contributed by atoms with Crippen molar-refractivity contribution in [2.45, 2.75) is 85.5 Å². The third-order valence-corrected chi connectivity index (χ3v) is 12.7. The molecule has 4 nitrogen and oxygen atoms in total. The van der Waals surface area contributed by atoms with Crippen LogP contribution in [0.15, 0.2) is 170 Å². The second-order valence-electron chi connectivity index (χ2n) is 20.6. The van der Waals surface area contributed by atoms with E-state index in [1.54, 1.807) is 0 Å². The van der Waals surface area contributed by atoms with Gasteiger partial charge in [0, 0.05) is 28.5 Å². The number of rotatable bonds is 7. The first-order valence-electron chi connectivity index (χ1n) is 22.8. The Hall–Kier alpha value is -7.04. The molecule has 2 aromatic heterocycles. The minimum atomic E-state index is -0.336. The Morgan fingerprint density at radius 2 is 1.03 bits per heavy atom. The van der Waals surface area contributed by atoms with Crippen LogP contribution in [-0.4, -0.2) is 19.6 Å². The topological polar surface area (TPSA) is 50.9 Å². The number of benzene rings is 7. The first kappa shape index (κ1) is 43.2. The van der Waals surface area contributed by atoms with E-state index in [1.807, 2.05) is 12.3 Å². The third-order valence-electron chi connectivity index (χ3n) is 12.7. The molecule has 65 heavy (non-hydrogen) atoms. The van der Waals surface area contributed by atoms with Gasteiger partial charge < -0.3 is 5.11 Å². The van der Waals surface area contributed by atoms with Crippen LogP contribution in [0.5, 0.6) is 5.75 Å². The molecule has 0 aliphatic heterocycles. The average molecular weight is 850 g/mol. The van der Waals surface area contributed by atoms with Crippen molar-refractivity contribution < 1.29 is 5.11 Å². The molecular formula is C61H59N3O. The summed E-state index contributed by atoms with van der Waals surface area (Å²) >= 11 is 0. The molecule has 9 aromatic rings. The smallest absolute Gasteiger partial charge is 0.149 e. The molecule has 0 amide bonds. The van der Waals surface area contributed by atoms with E-state index in [0.29, 0.717) is 11.4 Å². The highest BCUT2D eigenvalue weighted by molar-refractivity contribution is 5.98. The Bertz CT molecular complexity index is 3190. The minimum absolute atomic E-state index is 0.150. The van der Waals surface area contributed by atoms with Gasteiger partial charge in [-0.05, 0) is 122 Å². The second-order valence-corrected chi connectivity index (χ2v) is 20.6. The number of para-hydroxylation sites is 1. The van der Waals surface area contributed by atoms with Crippen molar-refractivity contribution in [1.82, 2.24) is 14.5 Å². The summed E-state index contributed by atoms with van der Waals surface area (Å²) in [5.41, 5.74) is 18.0. The molecule has 2 heterocycles. The van der Waals surface area contributed by atoms with E-state index >= 15 is 0 Å². The quantitative estimate of drug-likeness (QED) is 0.174. The Kier molecular flexibility index (Phi) is 11.0. The Morgan fingerprint density at radius 3 is 1.65 bits per heavy atom. The summed E-state index contributed by atoms with van der Waals surface area (Å²) in [5, 5.41) is 12.6. The number of hydrogen-bond donors (Lipinski definition) is 1. The summed E-state index contributed by atoms with van der Waals surface area (Å²) in [6.07, 6.45) is 1.91. The molecule has 324 valence electrons. The van der Waals surface area contributed by atoms with Gasteiger partial charge in [0.2, 0.25) is 0 Å². The van der Waals surface area contributed by atoms with Crippen molar-refractivity contribution in [2.24, 2.45) is 0 Å². The molecule has 0 radical (unpaired) electrons. The highest BCUT2D eigenvalue weighted by atomic mass is 16.3. The van der Waals surface area contributed by atoms with Crippen molar-refractivity contribution in [3.63, 3.8) is 0 Å². The molecule has 0 bridgehead atoms. The van der Waals surface area contributed by atoms with Crippen LogP contribution >= 0.6 is 0 Å². The van der Waals surface area contributed by atoms with Crippen LogP contribution in [0.25, 0.3) is 83.9 Å². The molecule has 0 saturated carbocycles. The van der Waals surface area contributed by atoms with Crippen molar-refractivity contribution in [1.29, 1.82) is 0 Å². The summed E-state index contributed by atoms with van der Waals surface area (Å²) in [5.74, 6) is 0.938. The zero-order valence-corrected chi connectivity index (χ0v) is 39.5. The number of hydrogen-bond acceptors (Lipinski definition) is 3. The molecule has 1 N–H and O–H groups in total. The number of pyridine rings is 1. The fourth-order valence-electron chi connectivity index (χ4n) is 8.99. The monoisotopic (exact) mass is 849 g/mol. The Balaban J connectivity index is 1.39. The number of aryl methyl sites for hydroxylation is 1. The summed E-state index contributed by atoms with van der Waals surface area (Å²) in [6, 6.07) is 58.4. The van der Waals surface area contributed by atoms with Gasteiger partial charge in [0.25, 0.3) is 0 Å². The maximum atomic E-state index is 12.6. The second kappa shape index (κ2) is 16.5. The predicted molar refractivity (Wildman–Crippen MR) is 274 cm³/mol. The van der Waals surface area contributed by atoms with Gasteiger partial charge in [0.1, 0.15) is 11.6 Å². The minimum Gasteiger partial charge on any atom is -0.507 e. The molecule has 0 spiro atoms. The summed E-state index contributed by atoms with van der Waals surface area (Å²) in [7, 11) is 0. The number of aromatic nitrogens is 3. The lowest BCUT2D eigenvalue weighted by Gasteiger charge is -2.28. The first-order valence-corrected chi connectivity index (χ1v) is 22.8. The number of phenols is 1. The molecule has 9 rings (SSSR count). The normalized spacial score (nSPS) is 12.2. The number of fused-ring (bicyclic) bond motifs is 1. The van der Waals surface area contributed by atoms with Crippen molar-refractivity contribution in [3.05, 3.63) is 192 Å². The average Bonchev–Trinajstić information content (AvgIpc) is 3.68. The van der Waals surface area contributed by atoms with Crippen LogP contribution in [-0.2, 0) is 16.2 Å². The number of phenolic OH excluding ortho intramolecular Hbond substituents is 1. The van der Waals surface area contributed by atoms with Gasteiger partial charge >= 0.3 is 0 Å². The lowest BCUT2D eigenvalue weighted by molar-refractivity contribution is 0.446. The van der Waals surface area contributed by atoms with E-state index < -0.39 is 0 Å². The largest absolute Gasteiger partial charge is 0.507 e. The lowest BCUT2D eigenvalue weighted by Crippen LogP contribution is -2.17. The standard InChI is InChI=1S/C61H59N3O/c1-39-31-50(42-25-18-13-19-26-42)55(38-49(39)41-23-16-12-17-24-41)64-54-28-20-27-48(56(54)63-58(64)51-36-47(60(5,6)7)37-52(57(51)65)61(8,9)10)44-32-45(34-46(33-44)59(2,3)4)53-35-43(29-30-62-53)40-21-14-11-15-22-40/h11-38,65H,1-10H3. The Morgan fingerprint density at radius 1 is 0.446 bits per heavy atom. The van der Waals surface area contributed by atoms with E-state index in [9.17, 15) is 5.11 Å². The molecule has 0 atom stereocenters. The summed E-state index contributed by atoms with van der Waals surface area (Å²) in [4.78, 5) is 10.7. The van der Waals surface area contributed by atoms with E-state index in [2.05, 4.69) is 232 Å². The maximum absolute atomic E-state index is 12.6. The van der Waals surface area contributed by atoms with Crippen molar-refractivity contribution in [3.8, 4) is 78.6 Å². The molecule has 4 heteroatoms. The molecule has 7 aromatic carbocycles. The van der Waals surface area contributed by atoms with Crippen LogP contribution < -0.4 is 0 Å². The van der Waals surface area contributed by atoms with E-state index in [-0.39, 0.29) is 22.0 Å². The van der Waals surface area contributed by atoms with E-state index in [0.717, 1.165) is 83.6 Å². The van der Waals surface area contributed by atoms with Crippen LogP contribution in [0.3, 0.4) is 0 Å². The van der Waals surface area contributed by atoms with Crippen LogP contribution in [0.4, 0.5) is 0 Å². The van der Waals surface area contributed by atoms with Crippen molar-refractivity contribution >= 4 is 11.0 Å². The molecular weight excluding hydrogens is 791 g/mol. The van der Waals surface area contributed by atoms with Crippen LogP contribution in [0.2, 0.25) is 0 Å². The highest BCUT2D eigenvalue weighted by Crippen LogP contribution is 2.46. The van der Waals surface area contributed by atoms with Gasteiger partial charge in [-0.2, -0.15) is 0 Å². The zero-order chi connectivity index (χ0) is 45.8. The van der Waals surface area contributed by atoms with Gasteiger partial charge in [0.15, 0.2) is 0 Å². The van der Waals surface area contributed by atoms with E-state index in [1.165, 1.54) is 11.1 Å². The highest BCUT2D eigenvalue weighted by Gasteiger charge is 2.30. The summed E-state index contributed by atoms with van der Waals surface area (Å²) in [6.45, 7) is 22.2. The maximum Gasteiger partial charge on any atom is 0.149 e. The molecule has 0 aliphatic rings. The fraction of sp³-hybridized carbons (Fsp3) is 0.213. The molecule has 0 aliphatic carbocycles.